The summed E-state index contributed by atoms with van der Waals surface area (Å²) >= 11 is 0. The molecule has 0 unspecified atom stereocenters. The number of aryl methyl sites for hydroxylation is 1. The maximum absolute atomic E-state index is 12.3. The number of amides is 1. The molecule has 0 spiro atoms. The second-order valence-electron chi connectivity index (χ2n) is 6.30. The molecule has 0 radical (unpaired) electrons. The number of carbonyl (C=O) groups is 2. The highest BCUT2D eigenvalue weighted by Crippen LogP contribution is 2.21. The zero-order valence-electron chi connectivity index (χ0n) is 16.7. The zero-order chi connectivity index (χ0) is 21.6. The van der Waals surface area contributed by atoms with E-state index in [0.717, 1.165) is 11.1 Å². The van der Waals surface area contributed by atoms with Gasteiger partial charge in [-0.3, -0.25) is 10.2 Å². The van der Waals surface area contributed by atoms with Gasteiger partial charge in [-0.15, -0.1) is 4.83 Å². The van der Waals surface area contributed by atoms with E-state index in [0.29, 0.717) is 5.75 Å². The predicted molar refractivity (Wildman–Crippen MR) is 107 cm³/mol. The molecule has 0 aliphatic carbocycles. The summed E-state index contributed by atoms with van der Waals surface area (Å²) in [5, 5.41) is 0. The van der Waals surface area contributed by atoms with Gasteiger partial charge in [0.25, 0.3) is 15.9 Å². The minimum Gasteiger partial charge on any atom is -0.481 e. The molecule has 2 N–H and O–H groups in total. The van der Waals surface area contributed by atoms with E-state index in [-0.39, 0.29) is 17.1 Å². The van der Waals surface area contributed by atoms with Crippen LogP contribution in [0.25, 0.3) is 0 Å². The van der Waals surface area contributed by atoms with E-state index in [2.05, 4.69) is 5.43 Å². The first-order valence-electron chi connectivity index (χ1n) is 8.97. The van der Waals surface area contributed by atoms with Crippen LogP contribution in [-0.2, 0) is 19.6 Å². The molecule has 1 atom stereocenters. The Hall–Kier alpha value is -2.91. The monoisotopic (exact) mass is 420 g/mol. The maximum atomic E-state index is 12.3. The van der Waals surface area contributed by atoms with Crippen molar-refractivity contribution in [3.63, 3.8) is 0 Å². The molecular weight excluding hydrogens is 396 g/mol. The summed E-state index contributed by atoms with van der Waals surface area (Å²) in [4.78, 5) is 25.7. The van der Waals surface area contributed by atoms with Crippen LogP contribution in [0.5, 0.6) is 5.75 Å². The van der Waals surface area contributed by atoms with Crippen molar-refractivity contribution in [1.29, 1.82) is 0 Å². The van der Waals surface area contributed by atoms with Crippen molar-refractivity contribution in [2.75, 3.05) is 6.61 Å². The van der Waals surface area contributed by atoms with Gasteiger partial charge in [0.1, 0.15) is 5.75 Å². The lowest BCUT2D eigenvalue weighted by atomic mass is 10.1. The third kappa shape index (κ3) is 5.78. The molecule has 0 bridgehead atoms. The average Bonchev–Trinajstić information content (AvgIpc) is 2.70. The smallest absolute Gasteiger partial charge is 0.338 e. The molecule has 1 amide bonds. The molecule has 2 rings (SSSR count). The molecule has 0 heterocycles. The average molecular weight is 420 g/mol. The highest BCUT2D eigenvalue weighted by atomic mass is 32.2. The Bertz CT molecular complexity index is 987. The third-order valence-corrected chi connectivity index (χ3v) is 5.48. The summed E-state index contributed by atoms with van der Waals surface area (Å²) in [5.41, 5.74) is 4.28. The number of rotatable bonds is 8. The van der Waals surface area contributed by atoms with Gasteiger partial charge >= 0.3 is 5.97 Å². The fourth-order valence-corrected chi connectivity index (χ4v) is 3.21. The summed E-state index contributed by atoms with van der Waals surface area (Å²) in [6.07, 6.45) is -0.926. The van der Waals surface area contributed by atoms with Gasteiger partial charge in [-0.25, -0.2) is 13.2 Å². The SMILES string of the molecule is CCOC(=O)c1ccc(S(=O)(=O)NNC(=O)[C@@H](C)Oc2cccc(C)c2C)cc1. The van der Waals surface area contributed by atoms with Gasteiger partial charge in [-0.05, 0) is 69.2 Å². The Kier molecular flexibility index (Phi) is 7.35. The molecule has 0 fully saturated rings. The van der Waals surface area contributed by atoms with E-state index in [9.17, 15) is 18.0 Å². The lowest BCUT2D eigenvalue weighted by molar-refractivity contribution is -0.127. The van der Waals surface area contributed by atoms with Crippen LogP contribution in [0, 0.1) is 13.8 Å². The molecule has 2 aromatic rings. The van der Waals surface area contributed by atoms with Crippen molar-refractivity contribution in [3.8, 4) is 5.75 Å². The van der Waals surface area contributed by atoms with Crippen molar-refractivity contribution in [3.05, 3.63) is 59.2 Å². The van der Waals surface area contributed by atoms with Crippen LogP contribution in [0.2, 0.25) is 0 Å². The largest absolute Gasteiger partial charge is 0.481 e. The van der Waals surface area contributed by atoms with Crippen molar-refractivity contribution < 1.29 is 27.5 Å². The highest BCUT2D eigenvalue weighted by molar-refractivity contribution is 7.89. The first-order chi connectivity index (χ1) is 13.7. The van der Waals surface area contributed by atoms with Crippen molar-refractivity contribution in [2.45, 2.75) is 38.7 Å². The van der Waals surface area contributed by atoms with Gasteiger partial charge in [-0.2, -0.15) is 0 Å². The van der Waals surface area contributed by atoms with Gasteiger partial charge < -0.3 is 9.47 Å². The predicted octanol–water partition coefficient (Wildman–Crippen LogP) is 2.26. The summed E-state index contributed by atoms with van der Waals surface area (Å²) in [7, 11) is -4.02. The Morgan fingerprint density at radius 1 is 1.07 bits per heavy atom. The summed E-state index contributed by atoms with van der Waals surface area (Å²) in [5.74, 6) is -0.655. The molecule has 0 aliphatic heterocycles. The highest BCUT2D eigenvalue weighted by Gasteiger charge is 2.20. The van der Waals surface area contributed by atoms with E-state index >= 15 is 0 Å². The zero-order valence-corrected chi connectivity index (χ0v) is 17.5. The molecule has 2 aromatic carbocycles. The number of carbonyl (C=O) groups excluding carboxylic acids is 2. The van der Waals surface area contributed by atoms with Crippen molar-refractivity contribution in [2.24, 2.45) is 0 Å². The summed E-state index contributed by atoms with van der Waals surface area (Å²) in [6.45, 7) is 7.20. The number of nitrogens with one attached hydrogen (secondary N) is 2. The van der Waals surface area contributed by atoms with Crippen LogP contribution in [-0.4, -0.2) is 33.0 Å². The normalized spacial score (nSPS) is 12.1. The molecule has 0 aliphatic rings. The van der Waals surface area contributed by atoms with Crippen LogP contribution in [0.4, 0.5) is 0 Å². The van der Waals surface area contributed by atoms with E-state index in [4.69, 9.17) is 9.47 Å². The van der Waals surface area contributed by atoms with Gasteiger partial charge in [-0.1, -0.05) is 12.1 Å². The number of esters is 1. The fraction of sp³-hybridized carbons (Fsp3) is 0.300. The first-order valence-corrected chi connectivity index (χ1v) is 10.5. The lowest BCUT2D eigenvalue weighted by Crippen LogP contribution is -2.47. The van der Waals surface area contributed by atoms with E-state index in [1.54, 1.807) is 13.0 Å². The van der Waals surface area contributed by atoms with E-state index in [1.165, 1.54) is 31.2 Å². The van der Waals surface area contributed by atoms with Crippen molar-refractivity contribution >= 4 is 21.9 Å². The van der Waals surface area contributed by atoms with Crippen LogP contribution in [0.3, 0.4) is 0 Å². The lowest BCUT2D eigenvalue weighted by Gasteiger charge is -2.17. The summed E-state index contributed by atoms with van der Waals surface area (Å²) in [6, 6.07) is 10.6. The Morgan fingerprint density at radius 3 is 2.34 bits per heavy atom. The maximum Gasteiger partial charge on any atom is 0.338 e. The van der Waals surface area contributed by atoms with Gasteiger partial charge in [0.15, 0.2) is 6.10 Å². The van der Waals surface area contributed by atoms with Crippen LogP contribution >= 0.6 is 0 Å². The molecule has 156 valence electrons. The molecule has 29 heavy (non-hydrogen) atoms. The number of hydrogen-bond acceptors (Lipinski definition) is 6. The molecule has 8 nitrogen and oxygen atoms in total. The Morgan fingerprint density at radius 2 is 1.72 bits per heavy atom. The fourth-order valence-electron chi connectivity index (χ4n) is 2.36. The van der Waals surface area contributed by atoms with Crippen LogP contribution in [0.1, 0.15) is 35.3 Å². The number of ether oxygens (including phenoxy) is 2. The van der Waals surface area contributed by atoms with Gasteiger partial charge in [0.2, 0.25) is 0 Å². The third-order valence-electron chi connectivity index (χ3n) is 4.21. The standard InChI is InChI=1S/C20H24N2O6S/c1-5-27-20(24)16-9-11-17(12-10-16)29(25,26)22-21-19(23)15(4)28-18-8-6-7-13(2)14(18)3/h6-12,15,22H,5H2,1-4H3,(H,21,23)/t15-/m1/s1. The second-order valence-corrected chi connectivity index (χ2v) is 7.98. The molecule has 0 aromatic heterocycles. The molecular formula is C20H24N2O6S. The van der Waals surface area contributed by atoms with E-state index in [1.807, 2.05) is 30.8 Å². The first kappa shape index (κ1) is 22.4. The number of hydrazine groups is 1. The number of sulfonamides is 1. The minimum absolute atomic E-state index is 0.117. The Balaban J connectivity index is 1.99. The summed E-state index contributed by atoms with van der Waals surface area (Å²) < 4.78 is 35.2. The van der Waals surface area contributed by atoms with Crippen LogP contribution < -0.4 is 15.0 Å². The number of hydrogen-bond donors (Lipinski definition) is 2. The minimum atomic E-state index is -4.02. The van der Waals surface area contributed by atoms with Gasteiger partial charge in [0, 0.05) is 0 Å². The Labute approximate surface area is 170 Å². The molecule has 0 saturated heterocycles. The number of benzene rings is 2. The van der Waals surface area contributed by atoms with E-state index < -0.39 is 28.0 Å². The van der Waals surface area contributed by atoms with Crippen LogP contribution in [0.15, 0.2) is 47.4 Å². The second kappa shape index (κ2) is 9.53. The van der Waals surface area contributed by atoms with Crippen molar-refractivity contribution in [1.82, 2.24) is 10.3 Å². The quantitative estimate of drug-likeness (QED) is 0.501. The topological polar surface area (TPSA) is 111 Å². The van der Waals surface area contributed by atoms with Gasteiger partial charge in [0.05, 0.1) is 17.1 Å². The molecule has 0 saturated carbocycles. The molecule has 9 heteroatoms.